The maximum Gasteiger partial charge on any atom is 0.236 e. The third kappa shape index (κ3) is 4.55. The maximum absolute atomic E-state index is 11.7. The molecular formula is C18H28N2O2. The predicted molar refractivity (Wildman–Crippen MR) is 88.6 cm³/mol. The van der Waals surface area contributed by atoms with Gasteiger partial charge < -0.3 is 15.4 Å². The molecular weight excluding hydrogens is 276 g/mol. The molecule has 0 aromatic heterocycles. The molecule has 4 nitrogen and oxygen atoms in total. The third-order valence-electron chi connectivity index (χ3n) is 4.21. The molecule has 2 rings (SSSR count). The van der Waals surface area contributed by atoms with Crippen LogP contribution in [0.15, 0.2) is 24.3 Å². The molecule has 4 heteroatoms. The number of nitrogens with two attached hydrogens (primary N) is 1. The second kappa shape index (κ2) is 7.25. The molecule has 2 N–H and O–H groups in total. The van der Waals surface area contributed by atoms with E-state index in [1.807, 2.05) is 4.90 Å². The lowest BCUT2D eigenvalue weighted by atomic mass is 9.87. The van der Waals surface area contributed by atoms with Gasteiger partial charge in [-0.05, 0) is 29.4 Å². The lowest BCUT2D eigenvalue weighted by Gasteiger charge is -2.32. The van der Waals surface area contributed by atoms with Crippen molar-refractivity contribution >= 4 is 5.91 Å². The molecule has 0 bridgehead atoms. The fraction of sp³-hybridized carbons (Fsp3) is 0.611. The van der Waals surface area contributed by atoms with Crippen LogP contribution >= 0.6 is 0 Å². The summed E-state index contributed by atoms with van der Waals surface area (Å²) >= 11 is 0. The van der Waals surface area contributed by atoms with E-state index in [1.165, 1.54) is 11.1 Å². The molecule has 1 saturated heterocycles. The summed E-state index contributed by atoms with van der Waals surface area (Å²) in [7, 11) is 0. The van der Waals surface area contributed by atoms with Gasteiger partial charge in [-0.2, -0.15) is 0 Å². The molecule has 1 heterocycles. The largest absolute Gasteiger partial charge is 0.372 e. The summed E-state index contributed by atoms with van der Waals surface area (Å²) in [6.07, 6.45) is 2.11. The fourth-order valence-electron chi connectivity index (χ4n) is 2.74. The van der Waals surface area contributed by atoms with Crippen LogP contribution in [0.25, 0.3) is 0 Å². The Balaban J connectivity index is 1.86. The van der Waals surface area contributed by atoms with Crippen molar-refractivity contribution in [3.8, 4) is 0 Å². The molecule has 0 saturated carbocycles. The third-order valence-corrected chi connectivity index (χ3v) is 4.21. The first kappa shape index (κ1) is 17.0. The van der Waals surface area contributed by atoms with E-state index >= 15 is 0 Å². The first-order valence-corrected chi connectivity index (χ1v) is 8.09. The van der Waals surface area contributed by atoms with E-state index in [-0.39, 0.29) is 24.0 Å². The molecule has 1 unspecified atom stereocenters. The smallest absolute Gasteiger partial charge is 0.236 e. The van der Waals surface area contributed by atoms with Gasteiger partial charge in [-0.3, -0.25) is 4.79 Å². The van der Waals surface area contributed by atoms with Crippen molar-refractivity contribution in [2.45, 2.75) is 51.7 Å². The van der Waals surface area contributed by atoms with Gasteiger partial charge in [0, 0.05) is 13.1 Å². The van der Waals surface area contributed by atoms with Gasteiger partial charge in [-0.25, -0.2) is 0 Å². The summed E-state index contributed by atoms with van der Waals surface area (Å²) in [4.78, 5) is 13.5. The minimum Gasteiger partial charge on any atom is -0.372 e. The van der Waals surface area contributed by atoms with Crippen LogP contribution in [-0.4, -0.2) is 36.5 Å². The van der Waals surface area contributed by atoms with E-state index in [1.54, 1.807) is 0 Å². The van der Waals surface area contributed by atoms with E-state index in [0.717, 1.165) is 19.4 Å². The number of amides is 1. The van der Waals surface area contributed by atoms with Crippen LogP contribution in [0.3, 0.4) is 0 Å². The normalized spacial score (nSPS) is 19.3. The van der Waals surface area contributed by atoms with Crippen molar-refractivity contribution in [1.82, 2.24) is 4.90 Å². The van der Waals surface area contributed by atoms with Crippen LogP contribution in [0, 0.1) is 0 Å². The molecule has 0 aliphatic carbocycles. The van der Waals surface area contributed by atoms with Crippen molar-refractivity contribution in [3.63, 3.8) is 0 Å². The highest BCUT2D eigenvalue weighted by atomic mass is 16.5. The molecule has 22 heavy (non-hydrogen) atoms. The maximum atomic E-state index is 11.7. The summed E-state index contributed by atoms with van der Waals surface area (Å²) in [5, 5.41) is 0. The predicted octanol–water partition coefficient (Wildman–Crippen LogP) is 2.45. The number of piperidine rings is 1. The van der Waals surface area contributed by atoms with Crippen molar-refractivity contribution in [2.24, 2.45) is 5.73 Å². The second-order valence-corrected chi connectivity index (χ2v) is 7.07. The summed E-state index contributed by atoms with van der Waals surface area (Å²) in [5.41, 5.74) is 8.11. The summed E-state index contributed by atoms with van der Waals surface area (Å²) in [6.45, 7) is 8.78. The molecule has 0 spiro atoms. The average Bonchev–Trinajstić information content (AvgIpc) is 2.52. The number of hydrogen-bond acceptors (Lipinski definition) is 3. The molecule has 1 amide bonds. The van der Waals surface area contributed by atoms with E-state index in [9.17, 15) is 4.79 Å². The zero-order valence-corrected chi connectivity index (χ0v) is 14.0. The number of carbonyl (C=O) groups is 1. The topological polar surface area (TPSA) is 55.6 Å². The van der Waals surface area contributed by atoms with Crippen molar-refractivity contribution in [1.29, 1.82) is 0 Å². The van der Waals surface area contributed by atoms with Crippen molar-refractivity contribution < 1.29 is 9.53 Å². The highest BCUT2D eigenvalue weighted by Crippen LogP contribution is 2.23. The SMILES string of the molecule is CC(C)(C)c1ccc(COC2CCCN(C(=O)CN)C2)cc1. The van der Waals surface area contributed by atoms with Gasteiger partial charge >= 0.3 is 0 Å². The van der Waals surface area contributed by atoms with Gasteiger partial charge in [0.25, 0.3) is 0 Å². The Morgan fingerprint density at radius 2 is 2.00 bits per heavy atom. The van der Waals surface area contributed by atoms with Crippen LogP contribution < -0.4 is 5.73 Å². The molecule has 1 fully saturated rings. The molecule has 1 aromatic carbocycles. The van der Waals surface area contributed by atoms with Gasteiger partial charge in [0.15, 0.2) is 0 Å². The Morgan fingerprint density at radius 1 is 1.32 bits per heavy atom. The van der Waals surface area contributed by atoms with Gasteiger partial charge in [-0.15, -0.1) is 0 Å². The van der Waals surface area contributed by atoms with Crippen molar-refractivity contribution in [2.75, 3.05) is 19.6 Å². The Morgan fingerprint density at radius 3 is 2.59 bits per heavy atom. The molecule has 1 aliphatic heterocycles. The average molecular weight is 304 g/mol. The lowest BCUT2D eigenvalue weighted by Crippen LogP contribution is -2.45. The molecule has 122 valence electrons. The van der Waals surface area contributed by atoms with E-state index in [4.69, 9.17) is 10.5 Å². The Hall–Kier alpha value is -1.39. The van der Waals surface area contributed by atoms with E-state index in [2.05, 4.69) is 45.0 Å². The van der Waals surface area contributed by atoms with Gasteiger partial charge in [-0.1, -0.05) is 45.0 Å². The van der Waals surface area contributed by atoms with Gasteiger partial charge in [0.05, 0.1) is 19.3 Å². The van der Waals surface area contributed by atoms with Crippen molar-refractivity contribution in [3.05, 3.63) is 35.4 Å². The number of carbonyl (C=O) groups excluding carboxylic acids is 1. The van der Waals surface area contributed by atoms with Crippen LogP contribution in [0.2, 0.25) is 0 Å². The number of likely N-dealkylation sites (tertiary alicyclic amines) is 1. The highest BCUT2D eigenvalue weighted by Gasteiger charge is 2.23. The molecule has 0 radical (unpaired) electrons. The van der Waals surface area contributed by atoms with Gasteiger partial charge in [0.1, 0.15) is 0 Å². The minimum absolute atomic E-state index is 0.0165. The first-order valence-electron chi connectivity index (χ1n) is 8.09. The standard InChI is InChI=1S/C18H28N2O2/c1-18(2,3)15-8-6-14(7-9-15)13-22-16-5-4-10-20(12-16)17(21)11-19/h6-9,16H,4-5,10-13,19H2,1-3H3. The van der Waals surface area contributed by atoms with Crippen LogP contribution in [0.1, 0.15) is 44.7 Å². The fourth-order valence-corrected chi connectivity index (χ4v) is 2.74. The monoisotopic (exact) mass is 304 g/mol. The second-order valence-electron chi connectivity index (χ2n) is 7.07. The highest BCUT2D eigenvalue weighted by molar-refractivity contribution is 5.78. The Labute approximate surface area is 133 Å². The summed E-state index contributed by atoms with van der Waals surface area (Å²) in [5.74, 6) is 0.0165. The minimum atomic E-state index is 0.0165. The number of rotatable bonds is 4. The Kier molecular flexibility index (Phi) is 5.59. The lowest BCUT2D eigenvalue weighted by molar-refractivity contribution is -0.134. The molecule has 1 aromatic rings. The van der Waals surface area contributed by atoms with Gasteiger partial charge in [0.2, 0.25) is 5.91 Å². The van der Waals surface area contributed by atoms with Crippen LogP contribution in [-0.2, 0) is 21.6 Å². The zero-order valence-electron chi connectivity index (χ0n) is 14.0. The van der Waals surface area contributed by atoms with E-state index < -0.39 is 0 Å². The number of ether oxygens (including phenoxy) is 1. The quantitative estimate of drug-likeness (QED) is 0.929. The molecule has 1 aliphatic rings. The number of benzene rings is 1. The van der Waals surface area contributed by atoms with Crippen LogP contribution in [0.5, 0.6) is 0 Å². The number of hydrogen-bond donors (Lipinski definition) is 1. The summed E-state index contributed by atoms with van der Waals surface area (Å²) in [6, 6.07) is 8.60. The Bertz CT molecular complexity index is 491. The van der Waals surface area contributed by atoms with E-state index in [0.29, 0.717) is 13.2 Å². The number of nitrogens with zero attached hydrogens (tertiary/aromatic N) is 1. The summed E-state index contributed by atoms with van der Waals surface area (Å²) < 4.78 is 5.98. The molecule has 1 atom stereocenters. The first-order chi connectivity index (χ1) is 10.4. The zero-order chi connectivity index (χ0) is 16.2. The van der Waals surface area contributed by atoms with Crippen LogP contribution in [0.4, 0.5) is 0 Å².